The van der Waals surface area contributed by atoms with E-state index in [1.165, 1.54) is 0 Å². The molecule has 100 valence electrons. The first-order chi connectivity index (χ1) is 8.70. The summed E-state index contributed by atoms with van der Waals surface area (Å²) < 4.78 is 5.51. The molecule has 1 saturated heterocycles. The number of anilines is 2. The SMILES string of the molecule is CCOc1cccc(NC2CCN(C)CC2)c1N. The van der Waals surface area contributed by atoms with Crippen molar-refractivity contribution >= 4 is 11.4 Å². The number of likely N-dealkylation sites (tertiary alicyclic amines) is 1. The molecule has 18 heavy (non-hydrogen) atoms. The molecule has 0 spiro atoms. The summed E-state index contributed by atoms with van der Waals surface area (Å²) >= 11 is 0. The Kier molecular flexibility index (Phi) is 4.31. The first-order valence-corrected chi connectivity index (χ1v) is 6.67. The maximum Gasteiger partial charge on any atom is 0.144 e. The highest BCUT2D eigenvalue weighted by atomic mass is 16.5. The average molecular weight is 249 g/mol. The van der Waals surface area contributed by atoms with Crippen LogP contribution in [0.25, 0.3) is 0 Å². The summed E-state index contributed by atoms with van der Waals surface area (Å²) in [5.74, 6) is 0.774. The van der Waals surface area contributed by atoms with Gasteiger partial charge < -0.3 is 20.7 Å². The fraction of sp³-hybridized carbons (Fsp3) is 0.571. The van der Waals surface area contributed by atoms with Gasteiger partial charge in [-0.1, -0.05) is 6.07 Å². The fourth-order valence-electron chi connectivity index (χ4n) is 2.32. The Morgan fingerprint density at radius 3 is 2.78 bits per heavy atom. The van der Waals surface area contributed by atoms with Gasteiger partial charge in [-0.2, -0.15) is 0 Å². The molecule has 1 aromatic carbocycles. The van der Waals surface area contributed by atoms with Crippen LogP contribution in [0.3, 0.4) is 0 Å². The van der Waals surface area contributed by atoms with Crippen molar-refractivity contribution in [1.82, 2.24) is 4.90 Å². The zero-order valence-electron chi connectivity index (χ0n) is 11.3. The molecule has 0 saturated carbocycles. The molecule has 1 aliphatic heterocycles. The maximum absolute atomic E-state index is 6.12. The first kappa shape index (κ1) is 13.0. The van der Waals surface area contributed by atoms with Gasteiger partial charge in [-0.3, -0.25) is 0 Å². The molecule has 2 rings (SSSR count). The summed E-state index contributed by atoms with van der Waals surface area (Å²) in [5, 5.41) is 3.54. The minimum atomic E-state index is 0.514. The summed E-state index contributed by atoms with van der Waals surface area (Å²) in [6, 6.07) is 6.44. The van der Waals surface area contributed by atoms with Gasteiger partial charge in [0.2, 0.25) is 0 Å². The third kappa shape index (κ3) is 3.07. The van der Waals surface area contributed by atoms with Crippen LogP contribution in [0.1, 0.15) is 19.8 Å². The van der Waals surface area contributed by atoms with Gasteiger partial charge in [0.1, 0.15) is 5.75 Å². The number of para-hydroxylation sites is 1. The molecule has 0 bridgehead atoms. The van der Waals surface area contributed by atoms with E-state index in [0.717, 1.165) is 43.1 Å². The number of ether oxygens (including phenoxy) is 1. The lowest BCUT2D eigenvalue weighted by atomic mass is 10.0. The average Bonchev–Trinajstić information content (AvgIpc) is 2.37. The predicted molar refractivity (Wildman–Crippen MR) is 76.2 cm³/mol. The third-order valence-electron chi connectivity index (χ3n) is 3.44. The lowest BCUT2D eigenvalue weighted by molar-refractivity contribution is 0.264. The van der Waals surface area contributed by atoms with E-state index in [4.69, 9.17) is 10.5 Å². The van der Waals surface area contributed by atoms with Crippen LogP contribution in [0.4, 0.5) is 11.4 Å². The van der Waals surface area contributed by atoms with Crippen LogP contribution in [0, 0.1) is 0 Å². The van der Waals surface area contributed by atoms with Crippen LogP contribution in [0.2, 0.25) is 0 Å². The second-order valence-electron chi connectivity index (χ2n) is 4.87. The van der Waals surface area contributed by atoms with Crippen LogP contribution >= 0.6 is 0 Å². The van der Waals surface area contributed by atoms with Crippen molar-refractivity contribution in [3.8, 4) is 5.75 Å². The van der Waals surface area contributed by atoms with E-state index in [1.807, 2.05) is 25.1 Å². The third-order valence-corrected chi connectivity index (χ3v) is 3.44. The Balaban J connectivity index is 2.02. The highest BCUT2D eigenvalue weighted by Crippen LogP contribution is 2.30. The Hall–Kier alpha value is -1.42. The second-order valence-corrected chi connectivity index (χ2v) is 4.87. The van der Waals surface area contributed by atoms with Gasteiger partial charge in [-0.15, -0.1) is 0 Å². The van der Waals surface area contributed by atoms with Crippen molar-refractivity contribution < 1.29 is 4.74 Å². The van der Waals surface area contributed by atoms with Crippen LogP contribution in [0.5, 0.6) is 5.75 Å². The Morgan fingerprint density at radius 1 is 1.39 bits per heavy atom. The second kappa shape index (κ2) is 5.96. The largest absolute Gasteiger partial charge is 0.492 e. The van der Waals surface area contributed by atoms with E-state index in [1.54, 1.807) is 0 Å². The van der Waals surface area contributed by atoms with Gasteiger partial charge in [-0.25, -0.2) is 0 Å². The highest BCUT2D eigenvalue weighted by Gasteiger charge is 2.17. The first-order valence-electron chi connectivity index (χ1n) is 6.67. The Labute approximate surface area is 109 Å². The Bertz CT molecular complexity index is 387. The van der Waals surface area contributed by atoms with Gasteiger partial charge >= 0.3 is 0 Å². The van der Waals surface area contributed by atoms with E-state index < -0.39 is 0 Å². The standard InChI is InChI=1S/C14H23N3O/c1-3-18-13-6-4-5-12(14(13)15)16-11-7-9-17(2)10-8-11/h4-6,11,16H,3,7-10,15H2,1-2H3. The summed E-state index contributed by atoms with van der Waals surface area (Å²) in [4.78, 5) is 2.36. The molecule has 0 radical (unpaired) electrons. The number of nitrogens with one attached hydrogen (secondary N) is 1. The number of nitrogen functional groups attached to an aromatic ring is 1. The smallest absolute Gasteiger partial charge is 0.144 e. The predicted octanol–water partition coefficient (Wildman–Crippen LogP) is 2.17. The number of nitrogens with two attached hydrogens (primary N) is 1. The van der Waals surface area contributed by atoms with Gasteiger partial charge in [0.05, 0.1) is 18.0 Å². The molecule has 4 heteroatoms. The summed E-state index contributed by atoms with van der Waals surface area (Å²) in [6.07, 6.45) is 2.32. The molecular weight excluding hydrogens is 226 g/mol. The summed E-state index contributed by atoms with van der Waals surface area (Å²) in [7, 11) is 2.17. The monoisotopic (exact) mass is 249 g/mol. The molecule has 1 aliphatic rings. The van der Waals surface area contributed by atoms with Crippen LogP contribution < -0.4 is 15.8 Å². The van der Waals surface area contributed by atoms with Crippen LogP contribution in [-0.2, 0) is 0 Å². The van der Waals surface area contributed by atoms with Crippen molar-refractivity contribution in [3.63, 3.8) is 0 Å². The molecule has 4 nitrogen and oxygen atoms in total. The lowest BCUT2D eigenvalue weighted by Crippen LogP contribution is -2.36. The van der Waals surface area contributed by atoms with Crippen molar-refractivity contribution in [2.45, 2.75) is 25.8 Å². The minimum absolute atomic E-state index is 0.514. The zero-order chi connectivity index (χ0) is 13.0. The minimum Gasteiger partial charge on any atom is -0.492 e. The molecule has 0 aromatic heterocycles. The van der Waals surface area contributed by atoms with Crippen molar-refractivity contribution in [2.75, 3.05) is 37.8 Å². The summed E-state index contributed by atoms with van der Waals surface area (Å²) in [5.41, 5.74) is 7.83. The van der Waals surface area contributed by atoms with Crippen LogP contribution in [0.15, 0.2) is 18.2 Å². The molecule has 1 heterocycles. The van der Waals surface area contributed by atoms with Gasteiger partial charge in [0.15, 0.2) is 0 Å². The molecule has 0 unspecified atom stereocenters. The van der Waals surface area contributed by atoms with E-state index in [-0.39, 0.29) is 0 Å². The topological polar surface area (TPSA) is 50.5 Å². The van der Waals surface area contributed by atoms with E-state index in [9.17, 15) is 0 Å². The summed E-state index contributed by atoms with van der Waals surface area (Å²) in [6.45, 7) is 4.89. The maximum atomic E-state index is 6.12. The normalized spacial score (nSPS) is 17.7. The molecule has 0 atom stereocenters. The van der Waals surface area contributed by atoms with Crippen LogP contribution in [-0.4, -0.2) is 37.7 Å². The number of benzene rings is 1. The molecular formula is C14H23N3O. The number of piperidine rings is 1. The molecule has 3 N–H and O–H groups in total. The lowest BCUT2D eigenvalue weighted by Gasteiger charge is -2.30. The van der Waals surface area contributed by atoms with Gasteiger partial charge in [0, 0.05) is 6.04 Å². The van der Waals surface area contributed by atoms with Crippen molar-refractivity contribution in [2.24, 2.45) is 0 Å². The number of nitrogens with zero attached hydrogens (tertiary/aromatic N) is 1. The van der Waals surface area contributed by atoms with Crippen molar-refractivity contribution in [1.29, 1.82) is 0 Å². The highest BCUT2D eigenvalue weighted by molar-refractivity contribution is 5.73. The fourth-order valence-corrected chi connectivity index (χ4v) is 2.32. The number of hydrogen-bond donors (Lipinski definition) is 2. The molecule has 1 aromatic rings. The quantitative estimate of drug-likeness (QED) is 0.803. The van der Waals surface area contributed by atoms with E-state index in [2.05, 4.69) is 17.3 Å². The number of hydrogen-bond acceptors (Lipinski definition) is 4. The Morgan fingerprint density at radius 2 is 2.11 bits per heavy atom. The molecule has 0 amide bonds. The number of rotatable bonds is 4. The zero-order valence-corrected chi connectivity index (χ0v) is 11.3. The molecule has 0 aliphatic carbocycles. The van der Waals surface area contributed by atoms with E-state index in [0.29, 0.717) is 12.6 Å². The van der Waals surface area contributed by atoms with Gasteiger partial charge in [0.25, 0.3) is 0 Å². The van der Waals surface area contributed by atoms with Gasteiger partial charge in [-0.05, 0) is 52.0 Å². The van der Waals surface area contributed by atoms with Crippen molar-refractivity contribution in [3.05, 3.63) is 18.2 Å². The molecule has 1 fully saturated rings. The van der Waals surface area contributed by atoms with E-state index >= 15 is 0 Å².